The number of anilines is 1. The van der Waals surface area contributed by atoms with Gasteiger partial charge in [0.25, 0.3) is 15.7 Å². The van der Waals surface area contributed by atoms with Crippen LogP contribution in [0.4, 0.5) is 11.4 Å². The Morgan fingerprint density at radius 1 is 1.02 bits per heavy atom. The molecule has 0 heterocycles. The van der Waals surface area contributed by atoms with Crippen LogP contribution < -0.4 is 14.4 Å². The number of rotatable bonds is 13. The summed E-state index contributed by atoms with van der Waals surface area (Å²) in [5.41, 5.74) is 1.80. The minimum Gasteiger partial charge on any atom is -0.497 e. The number of nitro benzene ring substituents is 1. The van der Waals surface area contributed by atoms with Crippen molar-refractivity contribution in [3.8, 4) is 5.75 Å². The van der Waals surface area contributed by atoms with Gasteiger partial charge in [0.05, 0.1) is 22.6 Å². The zero-order valence-corrected chi connectivity index (χ0v) is 26.1. The number of hydrogen-bond acceptors (Lipinski definition) is 7. The normalized spacial score (nSPS) is 12.6. The molecule has 1 N–H and O–H groups in total. The summed E-state index contributed by atoms with van der Waals surface area (Å²) in [7, 11) is -3.02. The molecule has 0 aliphatic heterocycles. The molecule has 3 aromatic carbocycles. The molecule has 2 atom stereocenters. The Balaban J connectivity index is 2.09. The molecule has 2 amide bonds. The van der Waals surface area contributed by atoms with E-state index in [-0.39, 0.29) is 34.8 Å². The van der Waals surface area contributed by atoms with E-state index in [1.54, 1.807) is 19.1 Å². The smallest absolute Gasteiger partial charge is 0.273 e. The molecule has 0 aliphatic carbocycles. The highest BCUT2D eigenvalue weighted by Gasteiger charge is 2.33. The lowest BCUT2D eigenvalue weighted by atomic mass is 10.1. The van der Waals surface area contributed by atoms with Crippen LogP contribution in [-0.4, -0.2) is 55.8 Å². The third-order valence-corrected chi connectivity index (χ3v) is 8.98. The van der Waals surface area contributed by atoms with E-state index in [1.165, 1.54) is 43.2 Å². The summed E-state index contributed by atoms with van der Waals surface area (Å²) in [5, 5.41) is 14.5. The van der Waals surface area contributed by atoms with Gasteiger partial charge in [0.1, 0.15) is 18.3 Å². The molecule has 0 unspecified atom stereocenters. The van der Waals surface area contributed by atoms with Crippen LogP contribution in [-0.2, 0) is 26.2 Å². The van der Waals surface area contributed by atoms with Gasteiger partial charge in [-0.1, -0.05) is 42.8 Å². The Kier molecular flexibility index (Phi) is 10.9. The highest BCUT2D eigenvalue weighted by molar-refractivity contribution is 7.92. The summed E-state index contributed by atoms with van der Waals surface area (Å²) in [6.45, 7) is 8.20. The number of nitrogens with zero attached hydrogens (tertiary/aromatic N) is 3. The van der Waals surface area contributed by atoms with Gasteiger partial charge >= 0.3 is 0 Å². The van der Waals surface area contributed by atoms with Crippen molar-refractivity contribution in [1.82, 2.24) is 10.2 Å². The molecule has 0 aromatic heterocycles. The fraction of sp³-hybridized carbons (Fsp3) is 0.355. The molecule has 0 saturated heterocycles. The van der Waals surface area contributed by atoms with Crippen molar-refractivity contribution in [2.24, 2.45) is 0 Å². The summed E-state index contributed by atoms with van der Waals surface area (Å²) < 4.78 is 34.2. The predicted octanol–water partition coefficient (Wildman–Crippen LogP) is 4.75. The van der Waals surface area contributed by atoms with Crippen molar-refractivity contribution < 1.29 is 27.7 Å². The number of methoxy groups -OCH3 is 1. The Morgan fingerprint density at radius 3 is 2.28 bits per heavy atom. The number of amides is 2. The molecule has 3 rings (SSSR count). The van der Waals surface area contributed by atoms with Gasteiger partial charge in [-0.25, -0.2) is 8.42 Å². The van der Waals surface area contributed by atoms with Crippen LogP contribution in [0.5, 0.6) is 5.75 Å². The second kappa shape index (κ2) is 14.1. The maximum atomic E-state index is 14.1. The van der Waals surface area contributed by atoms with Crippen molar-refractivity contribution in [2.75, 3.05) is 18.0 Å². The topological polar surface area (TPSA) is 139 Å². The lowest BCUT2D eigenvalue weighted by Gasteiger charge is -2.32. The van der Waals surface area contributed by atoms with E-state index in [4.69, 9.17) is 4.74 Å². The molecule has 0 bridgehead atoms. The molecule has 0 aliphatic rings. The zero-order valence-electron chi connectivity index (χ0n) is 25.2. The molecule has 43 heavy (non-hydrogen) atoms. The molecule has 0 fully saturated rings. The number of nitrogens with one attached hydrogen (secondary N) is 1. The predicted molar refractivity (Wildman–Crippen MR) is 164 cm³/mol. The van der Waals surface area contributed by atoms with Crippen LogP contribution in [0.1, 0.15) is 43.9 Å². The molecular formula is C31H38N4O7S. The molecule has 0 saturated carbocycles. The largest absolute Gasteiger partial charge is 0.497 e. The van der Waals surface area contributed by atoms with Gasteiger partial charge in [-0.3, -0.25) is 24.0 Å². The summed E-state index contributed by atoms with van der Waals surface area (Å²) in [6.07, 6.45) is 0.691. The Morgan fingerprint density at radius 2 is 1.70 bits per heavy atom. The van der Waals surface area contributed by atoms with Gasteiger partial charge in [0.15, 0.2) is 0 Å². The SMILES string of the molecule is CC[C@@H](C)NC(=O)[C@H](C)N(Cc1cccc(C)c1)C(=O)CN(c1ccc(OC)cc1)S(=O)(=O)c1ccc(C)c([N+](=O)[O-])c1. The third kappa shape index (κ3) is 8.10. The minimum atomic E-state index is -4.48. The highest BCUT2D eigenvalue weighted by atomic mass is 32.2. The van der Waals surface area contributed by atoms with Gasteiger partial charge in [-0.15, -0.1) is 0 Å². The van der Waals surface area contributed by atoms with E-state index in [0.717, 1.165) is 21.5 Å². The highest BCUT2D eigenvalue weighted by Crippen LogP contribution is 2.29. The number of carbonyl (C=O) groups excluding carboxylic acids is 2. The Labute approximate surface area is 252 Å². The third-order valence-electron chi connectivity index (χ3n) is 7.21. The maximum Gasteiger partial charge on any atom is 0.273 e. The van der Waals surface area contributed by atoms with E-state index in [9.17, 15) is 28.1 Å². The Hall–Kier alpha value is -4.45. The van der Waals surface area contributed by atoms with Crippen molar-refractivity contribution in [3.05, 3.63) is 93.5 Å². The first-order valence-electron chi connectivity index (χ1n) is 13.9. The minimum absolute atomic E-state index is 0.0576. The number of nitro groups is 1. The number of carbonyl (C=O) groups is 2. The second-order valence-corrected chi connectivity index (χ2v) is 12.3. The lowest BCUT2D eigenvalue weighted by molar-refractivity contribution is -0.385. The van der Waals surface area contributed by atoms with Gasteiger partial charge in [0, 0.05) is 24.2 Å². The van der Waals surface area contributed by atoms with Crippen molar-refractivity contribution >= 4 is 33.2 Å². The van der Waals surface area contributed by atoms with Gasteiger partial charge in [-0.05, 0) is 70.0 Å². The lowest BCUT2D eigenvalue weighted by Crippen LogP contribution is -2.52. The number of hydrogen-bond donors (Lipinski definition) is 1. The monoisotopic (exact) mass is 610 g/mol. The van der Waals surface area contributed by atoms with E-state index in [2.05, 4.69) is 5.32 Å². The summed E-state index contributed by atoms with van der Waals surface area (Å²) in [6, 6.07) is 16.1. The molecular weight excluding hydrogens is 572 g/mol. The quantitative estimate of drug-likeness (QED) is 0.218. The average Bonchev–Trinajstić information content (AvgIpc) is 2.98. The van der Waals surface area contributed by atoms with Gasteiger partial charge in [-0.2, -0.15) is 0 Å². The van der Waals surface area contributed by atoms with Crippen LogP contribution in [0.3, 0.4) is 0 Å². The van der Waals surface area contributed by atoms with E-state index < -0.39 is 33.4 Å². The summed E-state index contributed by atoms with van der Waals surface area (Å²) in [5.74, 6) is -0.535. The van der Waals surface area contributed by atoms with Crippen LogP contribution in [0.2, 0.25) is 0 Å². The zero-order chi connectivity index (χ0) is 31.9. The van der Waals surface area contributed by atoms with Crippen molar-refractivity contribution in [2.45, 2.75) is 64.6 Å². The van der Waals surface area contributed by atoms with Crippen LogP contribution in [0.15, 0.2) is 71.6 Å². The van der Waals surface area contributed by atoms with E-state index >= 15 is 0 Å². The second-order valence-electron chi connectivity index (χ2n) is 10.4. The van der Waals surface area contributed by atoms with Crippen LogP contribution in [0, 0.1) is 24.0 Å². The average molecular weight is 611 g/mol. The summed E-state index contributed by atoms with van der Waals surface area (Å²) in [4.78, 5) is 39.2. The van der Waals surface area contributed by atoms with Crippen molar-refractivity contribution in [3.63, 3.8) is 0 Å². The standard InChI is InChI=1S/C31H38N4O7S/c1-7-23(4)32-31(37)24(5)33(19-25-10-8-9-21(2)17-25)30(36)20-34(26-12-14-27(42-6)15-13-26)43(40,41)28-16-11-22(3)29(18-28)35(38)39/h8-18,23-24H,7,19-20H2,1-6H3,(H,32,37)/t23-,24+/m1/s1. The van der Waals surface area contributed by atoms with Crippen molar-refractivity contribution in [1.29, 1.82) is 0 Å². The molecule has 0 radical (unpaired) electrons. The number of benzene rings is 3. The number of ether oxygens (including phenoxy) is 1. The fourth-order valence-electron chi connectivity index (χ4n) is 4.41. The fourth-order valence-corrected chi connectivity index (χ4v) is 5.84. The van der Waals surface area contributed by atoms with Gasteiger partial charge in [0.2, 0.25) is 11.8 Å². The molecule has 12 heteroatoms. The van der Waals surface area contributed by atoms with E-state index in [0.29, 0.717) is 17.7 Å². The first kappa shape index (κ1) is 33.1. The first-order chi connectivity index (χ1) is 20.3. The van der Waals surface area contributed by atoms with Crippen LogP contribution in [0.25, 0.3) is 0 Å². The molecule has 3 aromatic rings. The molecule has 11 nitrogen and oxygen atoms in total. The van der Waals surface area contributed by atoms with Gasteiger partial charge < -0.3 is 15.0 Å². The Bertz CT molecular complexity index is 1580. The molecule has 0 spiro atoms. The van der Waals surface area contributed by atoms with E-state index in [1.807, 2.05) is 45.0 Å². The first-order valence-corrected chi connectivity index (χ1v) is 15.3. The number of sulfonamides is 1. The van der Waals surface area contributed by atoms with Crippen LogP contribution >= 0.6 is 0 Å². The molecule has 230 valence electrons. The number of aryl methyl sites for hydroxylation is 2. The maximum absolute atomic E-state index is 14.1. The summed E-state index contributed by atoms with van der Waals surface area (Å²) >= 11 is 0.